The number of likely N-dealkylation sites (tertiary alicyclic amines) is 1. The lowest BCUT2D eigenvalue weighted by molar-refractivity contribution is -0.137. The maximum atomic E-state index is 11.9. The molecule has 0 aromatic rings. The summed E-state index contributed by atoms with van der Waals surface area (Å²) in [6, 6.07) is -0.0797. The molecule has 0 aromatic heterocycles. The third kappa shape index (κ3) is 5.92. The largest absolute Gasteiger partial charge is 0.481 e. The fourth-order valence-electron chi connectivity index (χ4n) is 2.24. The molecule has 2 unspecified atom stereocenters. The van der Waals surface area contributed by atoms with Crippen molar-refractivity contribution in [1.29, 1.82) is 0 Å². The summed E-state index contributed by atoms with van der Waals surface area (Å²) >= 11 is 0. The predicted molar refractivity (Wildman–Crippen MR) is 71.0 cm³/mol. The zero-order valence-corrected chi connectivity index (χ0v) is 11.7. The Morgan fingerprint density at radius 3 is 2.89 bits per heavy atom. The van der Waals surface area contributed by atoms with Gasteiger partial charge in [-0.05, 0) is 32.1 Å². The van der Waals surface area contributed by atoms with Gasteiger partial charge in [0, 0.05) is 33.2 Å². The van der Waals surface area contributed by atoms with E-state index < -0.39 is 5.97 Å². The van der Waals surface area contributed by atoms with Crippen LogP contribution in [0.2, 0.25) is 0 Å². The number of carboxylic acids is 1. The number of amides is 2. The van der Waals surface area contributed by atoms with Crippen LogP contribution in [0.3, 0.4) is 0 Å². The lowest BCUT2D eigenvalue weighted by atomic mass is 9.93. The summed E-state index contributed by atoms with van der Waals surface area (Å²) in [5.74, 6) is -0.467. The number of carbonyl (C=O) groups excluding carboxylic acids is 1. The van der Waals surface area contributed by atoms with E-state index >= 15 is 0 Å². The van der Waals surface area contributed by atoms with Crippen molar-refractivity contribution in [3.63, 3.8) is 0 Å². The highest BCUT2D eigenvalue weighted by atomic mass is 16.5. The Bertz CT molecular complexity index is 309. The smallest absolute Gasteiger partial charge is 0.317 e. The van der Waals surface area contributed by atoms with Crippen LogP contribution in [0, 0.1) is 5.92 Å². The zero-order chi connectivity index (χ0) is 14.3. The van der Waals surface area contributed by atoms with Crippen molar-refractivity contribution in [2.75, 3.05) is 26.7 Å². The van der Waals surface area contributed by atoms with Crippen molar-refractivity contribution in [1.82, 2.24) is 10.2 Å². The monoisotopic (exact) mass is 272 g/mol. The average Bonchev–Trinajstić information content (AvgIpc) is 2.42. The van der Waals surface area contributed by atoms with E-state index in [9.17, 15) is 9.59 Å². The third-order valence-electron chi connectivity index (χ3n) is 3.52. The highest BCUT2D eigenvalue weighted by molar-refractivity contribution is 5.74. The molecule has 1 aliphatic heterocycles. The van der Waals surface area contributed by atoms with Gasteiger partial charge in [0.1, 0.15) is 0 Å². The summed E-state index contributed by atoms with van der Waals surface area (Å²) in [6.45, 7) is 3.79. The minimum atomic E-state index is -0.768. The van der Waals surface area contributed by atoms with Gasteiger partial charge in [-0.25, -0.2) is 4.79 Å². The standard InChI is InChI=1S/C13H24N2O4/c1-10(19-2)8-14-13(18)15-7-3-4-11(9-15)5-6-12(16)17/h10-11H,3-9H2,1-2H3,(H,14,18)(H,16,17). The van der Waals surface area contributed by atoms with E-state index in [0.717, 1.165) is 19.4 Å². The van der Waals surface area contributed by atoms with Crippen molar-refractivity contribution in [3.8, 4) is 0 Å². The maximum absolute atomic E-state index is 11.9. The van der Waals surface area contributed by atoms with Crippen LogP contribution < -0.4 is 5.32 Å². The van der Waals surface area contributed by atoms with Gasteiger partial charge in [0.2, 0.25) is 0 Å². The van der Waals surface area contributed by atoms with Crippen molar-refractivity contribution in [2.45, 2.75) is 38.7 Å². The van der Waals surface area contributed by atoms with Crippen LogP contribution in [0.15, 0.2) is 0 Å². The lowest BCUT2D eigenvalue weighted by Gasteiger charge is -2.32. The van der Waals surface area contributed by atoms with Crippen LogP contribution in [0.25, 0.3) is 0 Å². The van der Waals surface area contributed by atoms with E-state index in [-0.39, 0.29) is 18.6 Å². The van der Waals surface area contributed by atoms with Crippen LogP contribution in [0.4, 0.5) is 4.79 Å². The molecule has 2 atom stereocenters. The second kappa shape index (κ2) is 7.99. The van der Waals surface area contributed by atoms with E-state index in [4.69, 9.17) is 9.84 Å². The number of carboxylic acid groups (broad SMARTS) is 1. The third-order valence-corrected chi connectivity index (χ3v) is 3.52. The number of piperidine rings is 1. The van der Waals surface area contributed by atoms with E-state index in [2.05, 4.69) is 5.32 Å². The fraction of sp³-hybridized carbons (Fsp3) is 0.846. The van der Waals surface area contributed by atoms with Gasteiger partial charge in [0.05, 0.1) is 6.10 Å². The average molecular weight is 272 g/mol. The normalized spacial score (nSPS) is 20.9. The molecule has 0 saturated carbocycles. The molecule has 0 spiro atoms. The van der Waals surface area contributed by atoms with Gasteiger partial charge in [-0.15, -0.1) is 0 Å². The molecule has 6 heteroatoms. The first-order chi connectivity index (χ1) is 9.02. The number of nitrogens with one attached hydrogen (secondary N) is 1. The Kier molecular flexibility index (Phi) is 6.62. The first-order valence-corrected chi connectivity index (χ1v) is 6.80. The fourth-order valence-corrected chi connectivity index (χ4v) is 2.24. The number of hydrogen-bond donors (Lipinski definition) is 2. The van der Waals surface area contributed by atoms with Crippen molar-refractivity contribution in [3.05, 3.63) is 0 Å². The SMILES string of the molecule is COC(C)CNC(=O)N1CCCC(CCC(=O)O)C1. The topological polar surface area (TPSA) is 78.9 Å². The summed E-state index contributed by atoms with van der Waals surface area (Å²) in [7, 11) is 1.61. The summed E-state index contributed by atoms with van der Waals surface area (Å²) in [5.41, 5.74) is 0. The van der Waals surface area contributed by atoms with Crippen molar-refractivity contribution in [2.24, 2.45) is 5.92 Å². The maximum Gasteiger partial charge on any atom is 0.317 e. The number of hydrogen-bond acceptors (Lipinski definition) is 3. The van der Waals surface area contributed by atoms with Crippen LogP contribution >= 0.6 is 0 Å². The Hall–Kier alpha value is -1.30. The predicted octanol–water partition coefficient (Wildman–Crippen LogP) is 1.31. The van der Waals surface area contributed by atoms with E-state index in [0.29, 0.717) is 25.4 Å². The molecule has 1 aliphatic rings. The molecular weight excluding hydrogens is 248 g/mol. The molecule has 0 aromatic carbocycles. The van der Waals surface area contributed by atoms with Gasteiger partial charge in [0.25, 0.3) is 0 Å². The molecule has 2 N–H and O–H groups in total. The molecule has 1 fully saturated rings. The molecule has 1 rings (SSSR count). The van der Waals surface area contributed by atoms with Crippen molar-refractivity contribution < 1.29 is 19.4 Å². The number of carbonyl (C=O) groups is 2. The highest BCUT2D eigenvalue weighted by Gasteiger charge is 2.24. The molecule has 0 radical (unpaired) electrons. The van der Waals surface area contributed by atoms with Gasteiger partial charge in [-0.2, -0.15) is 0 Å². The van der Waals surface area contributed by atoms with E-state index in [1.165, 1.54) is 0 Å². The second-order valence-electron chi connectivity index (χ2n) is 5.12. The Balaban J connectivity index is 2.32. The van der Waals surface area contributed by atoms with Crippen LogP contribution in [0.1, 0.15) is 32.6 Å². The first kappa shape index (κ1) is 15.8. The second-order valence-corrected chi connectivity index (χ2v) is 5.12. The first-order valence-electron chi connectivity index (χ1n) is 6.80. The minimum Gasteiger partial charge on any atom is -0.481 e. The number of rotatable bonds is 6. The molecule has 1 saturated heterocycles. The van der Waals surface area contributed by atoms with E-state index in [1.54, 1.807) is 12.0 Å². The lowest BCUT2D eigenvalue weighted by Crippen LogP contribution is -2.47. The number of ether oxygens (including phenoxy) is 1. The number of nitrogens with zero attached hydrogens (tertiary/aromatic N) is 1. The minimum absolute atomic E-state index is 0.00320. The van der Waals surface area contributed by atoms with Gasteiger partial charge in [-0.1, -0.05) is 0 Å². The molecule has 6 nitrogen and oxygen atoms in total. The number of aliphatic carboxylic acids is 1. The molecule has 1 heterocycles. The van der Waals surface area contributed by atoms with Gasteiger partial charge < -0.3 is 20.1 Å². The number of urea groups is 1. The Morgan fingerprint density at radius 1 is 1.53 bits per heavy atom. The quantitative estimate of drug-likeness (QED) is 0.764. The summed E-state index contributed by atoms with van der Waals surface area (Å²) in [6.07, 6.45) is 2.77. The zero-order valence-electron chi connectivity index (χ0n) is 11.7. The van der Waals surface area contributed by atoms with Crippen LogP contribution in [-0.4, -0.2) is 54.9 Å². The molecule has 0 bridgehead atoms. The highest BCUT2D eigenvalue weighted by Crippen LogP contribution is 2.20. The molecule has 19 heavy (non-hydrogen) atoms. The molecule has 2 amide bonds. The van der Waals surface area contributed by atoms with Gasteiger partial charge in [-0.3, -0.25) is 4.79 Å². The van der Waals surface area contributed by atoms with Gasteiger partial charge in [0.15, 0.2) is 0 Å². The molecule has 0 aliphatic carbocycles. The Morgan fingerprint density at radius 2 is 2.26 bits per heavy atom. The summed E-state index contributed by atoms with van der Waals surface area (Å²) in [5, 5.41) is 11.5. The van der Waals surface area contributed by atoms with Crippen molar-refractivity contribution >= 4 is 12.0 Å². The summed E-state index contributed by atoms with van der Waals surface area (Å²) < 4.78 is 5.08. The molecule has 110 valence electrons. The van der Waals surface area contributed by atoms with Gasteiger partial charge >= 0.3 is 12.0 Å². The number of methoxy groups -OCH3 is 1. The molecular formula is C13H24N2O4. The van der Waals surface area contributed by atoms with E-state index in [1.807, 2.05) is 6.92 Å². The van der Waals surface area contributed by atoms with Crippen LogP contribution in [-0.2, 0) is 9.53 Å². The summed E-state index contributed by atoms with van der Waals surface area (Å²) in [4.78, 5) is 24.3. The van der Waals surface area contributed by atoms with Crippen LogP contribution in [0.5, 0.6) is 0 Å². The Labute approximate surface area is 114 Å².